The van der Waals surface area contributed by atoms with E-state index in [1.165, 1.54) is 5.56 Å². The molecule has 0 aliphatic carbocycles. The van der Waals surface area contributed by atoms with Crippen LogP contribution < -0.4 is 15.8 Å². The van der Waals surface area contributed by atoms with Crippen LogP contribution in [0.5, 0.6) is 0 Å². The Kier molecular flexibility index (Phi) is 6.92. The number of anilines is 2. The summed E-state index contributed by atoms with van der Waals surface area (Å²) in [6, 6.07) is 7.93. The Hall–Kier alpha value is -2.67. The average Bonchev–Trinajstić information content (AvgIpc) is 2.69. The number of rotatable bonds is 6. The maximum absolute atomic E-state index is 12.7. The summed E-state index contributed by atoms with van der Waals surface area (Å²) in [4.78, 5) is 29.4. The van der Waals surface area contributed by atoms with Crippen molar-refractivity contribution in [3.8, 4) is 0 Å². The van der Waals surface area contributed by atoms with Gasteiger partial charge in [0.25, 0.3) is 5.56 Å². The largest absolute Gasteiger partial charge is 0.371 e. The van der Waals surface area contributed by atoms with Crippen molar-refractivity contribution in [1.29, 1.82) is 0 Å². The fourth-order valence-corrected chi connectivity index (χ4v) is 3.89. The Morgan fingerprint density at radius 3 is 2.73 bits per heavy atom. The molecule has 1 aromatic heterocycles. The number of amides is 1. The number of aryl methyl sites for hydroxylation is 2. The van der Waals surface area contributed by atoms with Crippen molar-refractivity contribution < 1.29 is 4.79 Å². The average molecular weight is 412 g/mol. The van der Waals surface area contributed by atoms with Gasteiger partial charge in [-0.3, -0.25) is 14.5 Å². The van der Waals surface area contributed by atoms with E-state index in [4.69, 9.17) is 0 Å². The van der Waals surface area contributed by atoms with Gasteiger partial charge >= 0.3 is 0 Å². The molecule has 1 saturated heterocycles. The summed E-state index contributed by atoms with van der Waals surface area (Å²) in [5.41, 5.74) is 3.82. The zero-order valence-electron chi connectivity index (χ0n) is 18.7. The van der Waals surface area contributed by atoms with E-state index >= 15 is 0 Å². The number of nitrogens with one attached hydrogen (secondary N) is 1. The van der Waals surface area contributed by atoms with Gasteiger partial charge in [0.05, 0.1) is 24.5 Å². The highest BCUT2D eigenvalue weighted by molar-refractivity contribution is 5.93. The lowest BCUT2D eigenvalue weighted by atomic mass is 10.1. The smallest absolute Gasteiger partial charge is 0.269 e. The van der Waals surface area contributed by atoms with E-state index in [-0.39, 0.29) is 17.5 Å². The zero-order valence-corrected chi connectivity index (χ0v) is 18.7. The minimum atomic E-state index is -0.0911. The maximum Gasteiger partial charge on any atom is 0.269 e. The van der Waals surface area contributed by atoms with Crippen molar-refractivity contribution in [2.24, 2.45) is 0 Å². The molecule has 0 unspecified atom stereocenters. The molecule has 0 bridgehead atoms. The lowest BCUT2D eigenvalue weighted by Gasteiger charge is -2.32. The van der Waals surface area contributed by atoms with Crippen molar-refractivity contribution in [2.75, 3.05) is 36.9 Å². The molecule has 3 rings (SSSR count). The molecular formula is C23H33N5O2. The van der Waals surface area contributed by atoms with Crippen LogP contribution in [0, 0.1) is 13.8 Å². The third-order valence-electron chi connectivity index (χ3n) is 5.84. The normalized spacial score (nSPS) is 17.2. The number of benzene rings is 1. The van der Waals surface area contributed by atoms with Gasteiger partial charge in [-0.1, -0.05) is 17.7 Å². The molecule has 1 amide bonds. The summed E-state index contributed by atoms with van der Waals surface area (Å²) < 4.78 is 1.58. The van der Waals surface area contributed by atoms with E-state index in [0.29, 0.717) is 19.1 Å². The minimum Gasteiger partial charge on any atom is -0.371 e. The highest BCUT2D eigenvalue weighted by atomic mass is 16.2. The fourth-order valence-electron chi connectivity index (χ4n) is 3.89. The Bertz CT molecular complexity index is 953. The molecule has 7 nitrogen and oxygen atoms in total. The number of hydrogen-bond acceptors (Lipinski definition) is 5. The topological polar surface area (TPSA) is 70.5 Å². The second-order valence-electron chi connectivity index (χ2n) is 8.60. The molecule has 2 aromatic rings. The SMILES string of the molecule is Cc1ccc(NC(=O)CN2CCC[C@H](n3ncc(N(C)C(C)C)cc3=O)C2)c(C)c1. The quantitative estimate of drug-likeness (QED) is 0.791. The first kappa shape index (κ1) is 22.0. The van der Waals surface area contributed by atoms with E-state index in [1.807, 2.05) is 37.9 Å². The number of nitrogens with zero attached hydrogens (tertiary/aromatic N) is 4. The van der Waals surface area contributed by atoms with Crippen LogP contribution in [0.15, 0.2) is 35.3 Å². The lowest BCUT2D eigenvalue weighted by molar-refractivity contribution is -0.117. The second-order valence-corrected chi connectivity index (χ2v) is 8.60. The molecule has 7 heteroatoms. The second kappa shape index (κ2) is 9.43. The van der Waals surface area contributed by atoms with Gasteiger partial charge in [-0.05, 0) is 58.7 Å². The predicted octanol–water partition coefficient (Wildman–Crippen LogP) is 2.98. The molecule has 1 atom stereocenters. The summed E-state index contributed by atoms with van der Waals surface area (Å²) in [7, 11) is 1.96. The van der Waals surface area contributed by atoms with E-state index < -0.39 is 0 Å². The predicted molar refractivity (Wildman–Crippen MR) is 121 cm³/mol. The summed E-state index contributed by atoms with van der Waals surface area (Å²) in [5.74, 6) is -0.0307. The highest BCUT2D eigenvalue weighted by Crippen LogP contribution is 2.21. The van der Waals surface area contributed by atoms with Crippen LogP contribution in [0.4, 0.5) is 11.4 Å². The van der Waals surface area contributed by atoms with Crippen molar-refractivity contribution in [3.63, 3.8) is 0 Å². The summed E-state index contributed by atoms with van der Waals surface area (Å²) in [5, 5.41) is 7.45. The molecule has 1 fully saturated rings. The number of piperidine rings is 1. The van der Waals surface area contributed by atoms with E-state index in [1.54, 1.807) is 16.9 Å². The van der Waals surface area contributed by atoms with Crippen molar-refractivity contribution in [2.45, 2.75) is 52.6 Å². The third-order valence-corrected chi connectivity index (χ3v) is 5.84. The first-order valence-electron chi connectivity index (χ1n) is 10.7. The standard InChI is InChI=1S/C23H33N5O2/c1-16(2)26(5)20-12-23(30)28(24-13-20)19-7-6-10-27(14-19)15-22(29)25-21-9-8-17(3)11-18(21)4/h8-9,11-13,16,19H,6-7,10,14-15H2,1-5H3,(H,25,29)/t19-/m0/s1. The van der Waals surface area contributed by atoms with Crippen LogP contribution in [-0.4, -0.2) is 53.3 Å². The molecule has 0 spiro atoms. The number of carbonyl (C=O) groups is 1. The lowest BCUT2D eigenvalue weighted by Crippen LogP contribution is -2.43. The first-order chi connectivity index (χ1) is 14.2. The zero-order chi connectivity index (χ0) is 21.8. The number of aromatic nitrogens is 2. The minimum absolute atomic E-state index is 0.0152. The molecule has 30 heavy (non-hydrogen) atoms. The fraction of sp³-hybridized carbons (Fsp3) is 0.522. The summed E-state index contributed by atoms with van der Waals surface area (Å²) in [6.07, 6.45) is 3.58. The van der Waals surface area contributed by atoms with Gasteiger partial charge in [-0.25, -0.2) is 4.68 Å². The van der Waals surface area contributed by atoms with Gasteiger partial charge in [0.15, 0.2) is 0 Å². The van der Waals surface area contributed by atoms with Gasteiger partial charge in [-0.2, -0.15) is 5.10 Å². The summed E-state index contributed by atoms with van der Waals surface area (Å²) >= 11 is 0. The molecular weight excluding hydrogens is 378 g/mol. The van der Waals surface area contributed by atoms with Gasteiger partial charge < -0.3 is 10.2 Å². The van der Waals surface area contributed by atoms with Crippen LogP contribution in [0.2, 0.25) is 0 Å². The molecule has 0 saturated carbocycles. The Balaban J connectivity index is 1.64. The number of hydrogen-bond donors (Lipinski definition) is 1. The summed E-state index contributed by atoms with van der Waals surface area (Å²) in [6.45, 7) is 9.99. The Labute approximate surface area is 178 Å². The van der Waals surface area contributed by atoms with Crippen LogP contribution in [-0.2, 0) is 4.79 Å². The van der Waals surface area contributed by atoms with Crippen molar-refractivity contribution >= 4 is 17.3 Å². The third kappa shape index (κ3) is 5.27. The molecule has 0 radical (unpaired) electrons. The Morgan fingerprint density at radius 1 is 1.30 bits per heavy atom. The monoisotopic (exact) mass is 411 g/mol. The van der Waals surface area contributed by atoms with Gasteiger partial charge in [0.1, 0.15) is 0 Å². The molecule has 1 N–H and O–H groups in total. The van der Waals surface area contributed by atoms with Crippen LogP contribution >= 0.6 is 0 Å². The van der Waals surface area contributed by atoms with Crippen molar-refractivity contribution in [3.05, 3.63) is 51.9 Å². The number of likely N-dealkylation sites (tertiary alicyclic amines) is 1. The molecule has 162 valence electrons. The highest BCUT2D eigenvalue weighted by Gasteiger charge is 2.24. The van der Waals surface area contributed by atoms with Crippen LogP contribution in [0.25, 0.3) is 0 Å². The van der Waals surface area contributed by atoms with Gasteiger partial charge in [0.2, 0.25) is 5.91 Å². The Morgan fingerprint density at radius 2 is 2.07 bits per heavy atom. The van der Waals surface area contributed by atoms with Gasteiger partial charge in [0, 0.05) is 31.4 Å². The van der Waals surface area contributed by atoms with E-state index in [0.717, 1.165) is 36.3 Å². The van der Waals surface area contributed by atoms with Gasteiger partial charge in [-0.15, -0.1) is 0 Å². The van der Waals surface area contributed by atoms with Crippen molar-refractivity contribution in [1.82, 2.24) is 14.7 Å². The first-order valence-corrected chi connectivity index (χ1v) is 10.7. The van der Waals surface area contributed by atoms with Crippen LogP contribution in [0.1, 0.15) is 43.9 Å². The van der Waals surface area contributed by atoms with E-state index in [2.05, 4.69) is 35.2 Å². The van der Waals surface area contributed by atoms with Crippen LogP contribution in [0.3, 0.4) is 0 Å². The maximum atomic E-state index is 12.7. The van der Waals surface area contributed by atoms with E-state index in [9.17, 15) is 9.59 Å². The molecule has 1 aromatic carbocycles. The molecule has 1 aliphatic rings. The molecule has 2 heterocycles. The molecule has 1 aliphatic heterocycles. The number of carbonyl (C=O) groups excluding carboxylic acids is 1.